The molecule has 0 saturated carbocycles. The van der Waals surface area contributed by atoms with E-state index in [1.807, 2.05) is 42.5 Å². The van der Waals surface area contributed by atoms with Crippen molar-refractivity contribution in [1.82, 2.24) is 0 Å². The summed E-state index contributed by atoms with van der Waals surface area (Å²) in [5, 5.41) is 10.6. The Kier molecular flexibility index (Phi) is 6.09. The molecular formula is C15H14NNaO2. The number of benzene rings is 2. The maximum absolute atomic E-state index is 10.6. The van der Waals surface area contributed by atoms with Crippen molar-refractivity contribution in [2.45, 2.75) is 12.8 Å². The van der Waals surface area contributed by atoms with E-state index in [1.54, 1.807) is 6.07 Å². The number of carbonyl (C=O) groups excluding carboxylic acids is 1. The molecule has 0 aromatic heterocycles. The van der Waals surface area contributed by atoms with Crippen molar-refractivity contribution in [1.29, 1.82) is 0 Å². The number of nitrogen functional groups attached to an aromatic ring is 1. The van der Waals surface area contributed by atoms with Crippen LogP contribution in [0.4, 0.5) is 5.69 Å². The molecule has 0 fully saturated rings. The Morgan fingerprint density at radius 1 is 1.00 bits per heavy atom. The number of rotatable bonds is 4. The molecule has 0 aliphatic rings. The minimum Gasteiger partial charge on any atom is -0.550 e. The van der Waals surface area contributed by atoms with Crippen LogP contribution in [0.15, 0.2) is 48.5 Å². The van der Waals surface area contributed by atoms with Crippen molar-refractivity contribution < 1.29 is 39.5 Å². The zero-order valence-corrected chi connectivity index (χ0v) is 12.9. The zero-order chi connectivity index (χ0) is 13.0. The van der Waals surface area contributed by atoms with Crippen LogP contribution >= 0.6 is 0 Å². The molecule has 0 spiro atoms. The molecule has 0 bridgehead atoms. The van der Waals surface area contributed by atoms with Gasteiger partial charge in [-0.25, -0.2) is 0 Å². The molecule has 0 unspecified atom stereocenters. The number of hydrogen-bond acceptors (Lipinski definition) is 3. The third-order valence-corrected chi connectivity index (χ3v) is 2.86. The van der Waals surface area contributed by atoms with E-state index in [0.717, 1.165) is 11.1 Å². The second kappa shape index (κ2) is 7.34. The summed E-state index contributed by atoms with van der Waals surface area (Å²) in [6.45, 7) is 0. The van der Waals surface area contributed by atoms with E-state index in [1.165, 1.54) is 0 Å². The van der Waals surface area contributed by atoms with E-state index in [4.69, 9.17) is 5.73 Å². The van der Waals surface area contributed by atoms with Crippen molar-refractivity contribution in [3.8, 4) is 0 Å². The van der Waals surface area contributed by atoms with Crippen LogP contribution in [0.1, 0.15) is 16.7 Å². The van der Waals surface area contributed by atoms with Gasteiger partial charge < -0.3 is 15.6 Å². The number of aliphatic carboxylic acids is 1. The van der Waals surface area contributed by atoms with Crippen molar-refractivity contribution in [3.63, 3.8) is 0 Å². The van der Waals surface area contributed by atoms with Crippen LogP contribution in [0.25, 0.3) is 0 Å². The maximum Gasteiger partial charge on any atom is 1.00 e. The zero-order valence-electron chi connectivity index (χ0n) is 10.9. The molecule has 0 radical (unpaired) electrons. The van der Waals surface area contributed by atoms with Crippen LogP contribution in [-0.4, -0.2) is 5.97 Å². The largest absolute Gasteiger partial charge is 1.00 e. The molecule has 0 heterocycles. The number of carbonyl (C=O) groups is 1. The van der Waals surface area contributed by atoms with Crippen LogP contribution in [-0.2, 0) is 17.6 Å². The smallest absolute Gasteiger partial charge is 0.550 e. The number of carboxylic acid groups (broad SMARTS) is 1. The quantitative estimate of drug-likeness (QED) is 0.520. The first-order chi connectivity index (χ1) is 8.66. The van der Waals surface area contributed by atoms with Gasteiger partial charge in [0.2, 0.25) is 0 Å². The minimum absolute atomic E-state index is 0. The van der Waals surface area contributed by atoms with E-state index < -0.39 is 5.97 Å². The molecule has 0 aliphatic carbocycles. The van der Waals surface area contributed by atoms with Crippen molar-refractivity contribution in [3.05, 3.63) is 65.2 Å². The molecule has 2 N–H and O–H groups in total. The van der Waals surface area contributed by atoms with E-state index >= 15 is 0 Å². The predicted octanol–water partition coefficient (Wildman–Crippen LogP) is -1.84. The Hall–Kier alpha value is -1.29. The predicted molar refractivity (Wildman–Crippen MR) is 68.8 cm³/mol. The number of anilines is 1. The molecule has 4 heteroatoms. The Balaban J connectivity index is 0.00000180. The summed E-state index contributed by atoms with van der Waals surface area (Å²) in [5.74, 6) is -1.11. The van der Waals surface area contributed by atoms with Crippen LogP contribution in [0.5, 0.6) is 0 Å². The van der Waals surface area contributed by atoms with E-state index in [0.29, 0.717) is 17.7 Å². The van der Waals surface area contributed by atoms with Gasteiger partial charge >= 0.3 is 29.6 Å². The van der Waals surface area contributed by atoms with Crippen LogP contribution in [0, 0.1) is 0 Å². The van der Waals surface area contributed by atoms with Gasteiger partial charge in [0.05, 0.1) is 0 Å². The average Bonchev–Trinajstić information content (AvgIpc) is 2.35. The summed E-state index contributed by atoms with van der Waals surface area (Å²) < 4.78 is 0. The van der Waals surface area contributed by atoms with Gasteiger partial charge in [-0.15, -0.1) is 0 Å². The average molecular weight is 263 g/mol. The third-order valence-electron chi connectivity index (χ3n) is 2.86. The Morgan fingerprint density at radius 3 is 2.26 bits per heavy atom. The van der Waals surface area contributed by atoms with Crippen LogP contribution in [0.3, 0.4) is 0 Å². The fourth-order valence-electron chi connectivity index (χ4n) is 1.95. The monoisotopic (exact) mass is 263 g/mol. The van der Waals surface area contributed by atoms with Crippen LogP contribution < -0.4 is 40.4 Å². The second-order valence-electron chi connectivity index (χ2n) is 4.20. The first kappa shape index (κ1) is 15.8. The summed E-state index contributed by atoms with van der Waals surface area (Å²) in [4.78, 5) is 10.6. The summed E-state index contributed by atoms with van der Waals surface area (Å²) in [6.07, 6.45) is 0.558. The van der Waals surface area contributed by atoms with Gasteiger partial charge in [0.15, 0.2) is 0 Å². The fraction of sp³-hybridized carbons (Fsp3) is 0.133. The van der Waals surface area contributed by atoms with Crippen molar-refractivity contribution in [2.75, 3.05) is 5.73 Å². The van der Waals surface area contributed by atoms with Crippen LogP contribution in [0.2, 0.25) is 0 Å². The maximum atomic E-state index is 10.6. The topological polar surface area (TPSA) is 66.2 Å². The minimum atomic E-state index is -1.11. The van der Waals surface area contributed by atoms with Crippen molar-refractivity contribution >= 4 is 11.7 Å². The summed E-state index contributed by atoms with van der Waals surface area (Å²) in [5.41, 5.74) is 9.24. The van der Waals surface area contributed by atoms with Gasteiger partial charge in [0, 0.05) is 18.1 Å². The first-order valence-corrected chi connectivity index (χ1v) is 5.77. The van der Waals surface area contributed by atoms with Gasteiger partial charge in [-0.2, -0.15) is 0 Å². The van der Waals surface area contributed by atoms with Gasteiger partial charge in [-0.3, -0.25) is 0 Å². The Labute approximate surface area is 134 Å². The molecule has 3 nitrogen and oxygen atoms in total. The molecule has 0 aliphatic heterocycles. The molecule has 2 aromatic carbocycles. The number of para-hydroxylation sites is 1. The van der Waals surface area contributed by atoms with Gasteiger partial charge in [-0.1, -0.05) is 48.5 Å². The third kappa shape index (κ3) is 4.39. The van der Waals surface area contributed by atoms with Gasteiger partial charge in [0.25, 0.3) is 0 Å². The molecule has 0 amide bonds. The summed E-state index contributed by atoms with van der Waals surface area (Å²) >= 11 is 0. The Morgan fingerprint density at radius 2 is 1.63 bits per heavy atom. The van der Waals surface area contributed by atoms with E-state index in [2.05, 4.69) is 0 Å². The SMILES string of the molecule is Nc1c(CC(=O)[O-])cccc1Cc1ccccc1.[Na+]. The Bertz CT molecular complexity index is 555. The second-order valence-corrected chi connectivity index (χ2v) is 4.20. The fourth-order valence-corrected chi connectivity index (χ4v) is 1.95. The number of hydrogen-bond donors (Lipinski definition) is 1. The summed E-state index contributed by atoms with van der Waals surface area (Å²) in [6, 6.07) is 15.4. The molecule has 0 saturated heterocycles. The molecule has 19 heavy (non-hydrogen) atoms. The molecule has 2 aromatic rings. The number of nitrogens with two attached hydrogens (primary N) is 1. The molecular weight excluding hydrogens is 249 g/mol. The van der Waals surface area contributed by atoms with Crippen molar-refractivity contribution in [2.24, 2.45) is 0 Å². The molecule has 0 atom stereocenters. The van der Waals surface area contributed by atoms with Gasteiger partial charge in [0.1, 0.15) is 0 Å². The standard InChI is InChI=1S/C15H15NO2.Na/c16-15-12(9-11-5-2-1-3-6-11)7-4-8-13(15)10-14(17)18;/h1-8H,9-10,16H2,(H,17,18);/q;+1/p-1. The van der Waals surface area contributed by atoms with Gasteiger partial charge in [-0.05, 0) is 23.1 Å². The molecule has 92 valence electrons. The van der Waals surface area contributed by atoms with E-state index in [9.17, 15) is 9.90 Å². The summed E-state index contributed by atoms with van der Waals surface area (Å²) in [7, 11) is 0. The molecule has 2 rings (SSSR count). The first-order valence-electron chi connectivity index (χ1n) is 5.77. The normalized spacial score (nSPS) is 9.68. The number of carboxylic acids is 1. The van der Waals surface area contributed by atoms with E-state index in [-0.39, 0.29) is 36.0 Å².